The number of ether oxygens (including phenoxy) is 1. The largest absolute Gasteiger partial charge is 0.489 e. The molecule has 0 saturated heterocycles. The van der Waals surface area contributed by atoms with Crippen LogP contribution in [0, 0.1) is 11.6 Å². The van der Waals surface area contributed by atoms with Crippen LogP contribution in [0.25, 0.3) is 27.9 Å². The zero-order valence-electron chi connectivity index (χ0n) is 34.4. The molecule has 2 aromatic heterocycles. The number of halogens is 3. The van der Waals surface area contributed by atoms with E-state index in [-0.39, 0.29) is 41.6 Å². The molecule has 7 rings (SSSR count). The van der Waals surface area contributed by atoms with Gasteiger partial charge < -0.3 is 19.0 Å². The van der Waals surface area contributed by atoms with Crippen LogP contribution in [0.1, 0.15) is 112 Å². The van der Waals surface area contributed by atoms with Crippen molar-refractivity contribution in [3.05, 3.63) is 142 Å². The first-order valence-electron chi connectivity index (χ1n) is 19.7. The Kier molecular flexibility index (Phi) is 12.4. The van der Waals surface area contributed by atoms with E-state index in [0.29, 0.717) is 13.0 Å². The average Bonchev–Trinajstić information content (AvgIpc) is 3.70. The van der Waals surface area contributed by atoms with Crippen LogP contribution in [-0.4, -0.2) is 49.1 Å². The SMILES string of the molecule is CC(=O)c1cc2ccc(OCc3ccccc3)cc2n1C(C)C.CC(C)n1c2c(c3ccccc31)C[C@@H](C)N(CC(C)(C)F)[C@@H]2c1c(F)cc(/C=C/C(=O)O)cc1F. The van der Waals surface area contributed by atoms with Gasteiger partial charge in [-0.2, -0.15) is 0 Å². The van der Waals surface area contributed by atoms with E-state index in [1.807, 2.05) is 105 Å². The van der Waals surface area contributed by atoms with Crippen LogP contribution in [0.15, 0.2) is 97.1 Å². The minimum absolute atomic E-state index is 0.00254. The number of rotatable bonds is 11. The fraction of sp³-hybridized carbons (Fsp3) is 0.333. The molecule has 4 aromatic carbocycles. The lowest BCUT2D eigenvalue weighted by atomic mass is 9.86. The Bertz CT molecular complexity index is 2450. The molecule has 1 aliphatic heterocycles. The number of carboxylic acid groups (broad SMARTS) is 1. The first-order valence-corrected chi connectivity index (χ1v) is 19.7. The molecule has 10 heteroatoms. The Hall–Kier alpha value is -5.61. The van der Waals surface area contributed by atoms with E-state index >= 15 is 13.2 Å². The lowest BCUT2D eigenvalue weighted by Crippen LogP contribution is -2.48. The molecule has 0 radical (unpaired) electrons. The summed E-state index contributed by atoms with van der Waals surface area (Å²) in [5.74, 6) is -1.89. The summed E-state index contributed by atoms with van der Waals surface area (Å²) in [5.41, 5.74) is 4.06. The van der Waals surface area contributed by atoms with Gasteiger partial charge in [0.15, 0.2) is 5.78 Å². The lowest BCUT2D eigenvalue weighted by Gasteiger charge is -2.44. The van der Waals surface area contributed by atoms with Crippen molar-refractivity contribution in [1.82, 2.24) is 14.0 Å². The molecular weight excluding hydrogens is 740 g/mol. The first-order chi connectivity index (χ1) is 27.4. The molecule has 7 nitrogen and oxygen atoms in total. The summed E-state index contributed by atoms with van der Waals surface area (Å²) in [6.45, 7) is 15.3. The fourth-order valence-electron chi connectivity index (χ4n) is 8.22. The maximum atomic E-state index is 15.7. The van der Waals surface area contributed by atoms with Crippen LogP contribution in [0.3, 0.4) is 0 Å². The Morgan fingerprint density at radius 2 is 1.52 bits per heavy atom. The van der Waals surface area contributed by atoms with E-state index in [1.54, 1.807) is 6.92 Å². The summed E-state index contributed by atoms with van der Waals surface area (Å²) in [6.07, 6.45) is 2.62. The Balaban J connectivity index is 0.000000213. The third-order valence-corrected chi connectivity index (χ3v) is 10.5. The number of aromatic nitrogens is 2. The minimum atomic E-state index is -1.59. The highest BCUT2D eigenvalue weighted by Crippen LogP contribution is 2.46. The molecule has 1 aliphatic rings. The summed E-state index contributed by atoms with van der Waals surface area (Å²) in [6, 6.07) is 27.4. The molecule has 0 fully saturated rings. The van der Waals surface area contributed by atoms with E-state index in [4.69, 9.17) is 9.84 Å². The summed E-state index contributed by atoms with van der Waals surface area (Å²) in [5, 5.41) is 11.0. The third-order valence-electron chi connectivity index (χ3n) is 10.5. The molecule has 0 unspecified atom stereocenters. The van der Waals surface area contributed by atoms with Crippen molar-refractivity contribution in [3.8, 4) is 5.75 Å². The predicted molar refractivity (Wildman–Crippen MR) is 225 cm³/mol. The molecule has 0 amide bonds. The Labute approximate surface area is 338 Å². The van der Waals surface area contributed by atoms with Gasteiger partial charge in [0, 0.05) is 71.3 Å². The Morgan fingerprint density at radius 3 is 2.12 bits per heavy atom. The first kappa shape index (κ1) is 42.0. The van der Waals surface area contributed by atoms with Crippen molar-refractivity contribution < 1.29 is 32.6 Å². The summed E-state index contributed by atoms with van der Waals surface area (Å²) in [4.78, 5) is 24.6. The topological polar surface area (TPSA) is 76.7 Å². The number of carbonyl (C=O) groups is 2. The normalized spacial score (nSPS) is 15.9. The molecule has 0 saturated carbocycles. The number of Topliss-reactive ketones (excluding diaryl/α,β-unsaturated/α-hetero) is 1. The molecule has 2 atom stereocenters. The molecule has 0 bridgehead atoms. The van der Waals surface area contributed by atoms with Crippen LogP contribution in [-0.2, 0) is 17.8 Å². The predicted octanol–water partition coefficient (Wildman–Crippen LogP) is 11.7. The number of para-hydroxylation sites is 1. The second-order valence-electron chi connectivity index (χ2n) is 16.3. The van der Waals surface area contributed by atoms with Crippen LogP contribution in [0.5, 0.6) is 5.75 Å². The van der Waals surface area contributed by atoms with Gasteiger partial charge in [0.2, 0.25) is 0 Å². The van der Waals surface area contributed by atoms with Crippen LogP contribution >= 0.6 is 0 Å². The quantitative estimate of drug-likeness (QED) is 0.104. The maximum absolute atomic E-state index is 15.7. The van der Waals surface area contributed by atoms with E-state index < -0.39 is 29.3 Å². The van der Waals surface area contributed by atoms with Gasteiger partial charge in [-0.25, -0.2) is 18.0 Å². The number of ketones is 1. The molecule has 58 heavy (non-hydrogen) atoms. The monoisotopic (exact) mass is 791 g/mol. The standard InChI is InChI=1S/C28H31F3N2O2.C20H21NO2/c1-16(2)33-23-9-7-6-8-19(23)20-12-17(3)32(15-28(4,5)31)27(26(20)33)25-21(29)13-18(14-22(25)30)10-11-24(34)35;1-14(2)21-19(15(3)22)11-17-9-10-18(12-20(17)21)23-13-16-7-5-4-6-8-16/h6-11,13-14,16-17,27H,12,15H2,1-5H3,(H,34,35);4-12,14H,13H2,1-3H3/b11-10+;/t17-,27-;/m1./s1. The lowest BCUT2D eigenvalue weighted by molar-refractivity contribution is -0.131. The van der Waals surface area contributed by atoms with Gasteiger partial charge in [0.25, 0.3) is 0 Å². The van der Waals surface area contributed by atoms with Gasteiger partial charge in [-0.05, 0) is 114 Å². The van der Waals surface area contributed by atoms with Crippen molar-refractivity contribution >= 4 is 39.6 Å². The smallest absolute Gasteiger partial charge is 0.328 e. The second-order valence-corrected chi connectivity index (χ2v) is 16.3. The number of carbonyl (C=O) groups excluding carboxylic acids is 1. The van der Waals surface area contributed by atoms with Crippen LogP contribution in [0.2, 0.25) is 0 Å². The third kappa shape index (κ3) is 8.92. The summed E-state index contributed by atoms with van der Waals surface area (Å²) in [7, 11) is 0. The van der Waals surface area contributed by atoms with Gasteiger partial charge in [-0.3, -0.25) is 9.69 Å². The number of carboxylic acids is 1. The van der Waals surface area contributed by atoms with E-state index in [1.165, 1.54) is 13.8 Å². The Morgan fingerprint density at radius 1 is 0.879 bits per heavy atom. The highest BCUT2D eigenvalue weighted by Gasteiger charge is 2.42. The van der Waals surface area contributed by atoms with E-state index in [2.05, 4.69) is 23.0 Å². The molecule has 1 N–H and O–H groups in total. The number of aliphatic carboxylic acids is 1. The molecule has 6 aromatic rings. The number of nitrogens with zero attached hydrogens (tertiary/aromatic N) is 3. The number of benzene rings is 4. The van der Waals surface area contributed by atoms with Gasteiger partial charge in [0.1, 0.15) is 29.7 Å². The highest BCUT2D eigenvalue weighted by molar-refractivity contribution is 5.99. The number of fused-ring (bicyclic) bond motifs is 4. The van der Waals surface area contributed by atoms with Gasteiger partial charge in [-0.15, -0.1) is 0 Å². The minimum Gasteiger partial charge on any atom is -0.489 e. The van der Waals surface area contributed by atoms with E-state index in [9.17, 15) is 9.59 Å². The van der Waals surface area contributed by atoms with Gasteiger partial charge >= 0.3 is 5.97 Å². The second kappa shape index (κ2) is 17.1. The van der Waals surface area contributed by atoms with Gasteiger partial charge in [0.05, 0.1) is 17.3 Å². The zero-order valence-corrected chi connectivity index (χ0v) is 34.4. The van der Waals surface area contributed by atoms with Gasteiger partial charge in [-0.1, -0.05) is 48.5 Å². The molecule has 0 aliphatic carbocycles. The number of hydrogen-bond donors (Lipinski definition) is 1. The highest BCUT2D eigenvalue weighted by atomic mass is 19.1. The maximum Gasteiger partial charge on any atom is 0.328 e. The number of hydrogen-bond acceptors (Lipinski definition) is 4. The molecule has 3 heterocycles. The average molecular weight is 792 g/mol. The summed E-state index contributed by atoms with van der Waals surface area (Å²) < 4.78 is 56.5. The van der Waals surface area contributed by atoms with E-state index in [0.717, 1.165) is 74.4 Å². The van der Waals surface area contributed by atoms with Crippen molar-refractivity contribution in [2.75, 3.05) is 6.54 Å². The zero-order chi connectivity index (χ0) is 42.1. The van der Waals surface area contributed by atoms with Crippen molar-refractivity contribution in [1.29, 1.82) is 0 Å². The van der Waals surface area contributed by atoms with Crippen LogP contribution < -0.4 is 4.74 Å². The van der Waals surface area contributed by atoms with Crippen molar-refractivity contribution in [2.24, 2.45) is 0 Å². The number of alkyl halides is 1. The van der Waals surface area contributed by atoms with Crippen molar-refractivity contribution in [3.63, 3.8) is 0 Å². The summed E-state index contributed by atoms with van der Waals surface area (Å²) >= 11 is 0. The van der Waals surface area contributed by atoms with Crippen molar-refractivity contribution in [2.45, 2.75) is 98.3 Å². The van der Waals surface area contributed by atoms with Crippen LogP contribution in [0.4, 0.5) is 13.2 Å². The molecular formula is C48H52F3N3O4. The fourth-order valence-corrected chi connectivity index (χ4v) is 8.22. The molecule has 304 valence electrons. The molecule has 0 spiro atoms.